The number of benzene rings is 1. The van der Waals surface area contributed by atoms with Gasteiger partial charge in [0, 0.05) is 40.2 Å². The van der Waals surface area contributed by atoms with Gasteiger partial charge in [0.1, 0.15) is 0 Å². The maximum absolute atomic E-state index is 12.4. The second-order valence-corrected chi connectivity index (χ2v) is 6.04. The Bertz CT molecular complexity index is 416. The lowest BCUT2D eigenvalue weighted by molar-refractivity contribution is 0.0655. The smallest absolute Gasteiger partial charge is 0.254 e. The number of piperazine rings is 1. The molecule has 17 heavy (non-hydrogen) atoms. The summed E-state index contributed by atoms with van der Waals surface area (Å²) < 4.78 is 1.83. The molecule has 0 unspecified atom stereocenters. The van der Waals surface area contributed by atoms with E-state index in [4.69, 9.17) is 0 Å². The molecule has 2 rings (SSSR count). The van der Waals surface area contributed by atoms with Crippen molar-refractivity contribution in [1.82, 2.24) is 10.2 Å². The van der Waals surface area contributed by atoms with Crippen molar-refractivity contribution in [3.05, 3.63) is 32.7 Å². The van der Waals surface area contributed by atoms with E-state index >= 15 is 0 Å². The third-order valence-electron chi connectivity index (χ3n) is 2.87. The van der Waals surface area contributed by atoms with E-state index in [0.29, 0.717) is 0 Å². The fourth-order valence-corrected chi connectivity index (χ4v) is 3.28. The minimum absolute atomic E-state index is 0.0981. The summed E-state index contributed by atoms with van der Waals surface area (Å²) in [5.41, 5.74) is 0.722. The molecule has 5 heteroatoms. The van der Waals surface area contributed by atoms with Crippen LogP contribution in [0.5, 0.6) is 0 Å². The number of carbonyl (C=O) groups excluding carboxylic acids is 1. The van der Waals surface area contributed by atoms with Gasteiger partial charge in [-0.1, -0.05) is 31.9 Å². The molecule has 1 saturated heterocycles. The number of halogens is 2. The van der Waals surface area contributed by atoms with Gasteiger partial charge in [-0.05, 0) is 25.1 Å². The highest BCUT2D eigenvalue weighted by molar-refractivity contribution is 9.11. The molecule has 1 aromatic rings. The number of nitrogens with zero attached hydrogens (tertiary/aromatic N) is 1. The first-order valence-electron chi connectivity index (χ1n) is 5.55. The van der Waals surface area contributed by atoms with E-state index in [9.17, 15) is 4.79 Å². The molecule has 0 radical (unpaired) electrons. The van der Waals surface area contributed by atoms with Crippen molar-refractivity contribution < 1.29 is 4.79 Å². The van der Waals surface area contributed by atoms with E-state index in [0.717, 1.165) is 34.1 Å². The average molecular weight is 362 g/mol. The third kappa shape index (κ3) is 3.09. The van der Waals surface area contributed by atoms with E-state index in [1.54, 1.807) is 0 Å². The number of hydrogen-bond acceptors (Lipinski definition) is 2. The molecule has 1 aromatic carbocycles. The van der Waals surface area contributed by atoms with Crippen LogP contribution in [-0.2, 0) is 0 Å². The van der Waals surface area contributed by atoms with Crippen LogP contribution in [0.15, 0.2) is 27.1 Å². The molecule has 0 spiro atoms. The lowest BCUT2D eigenvalue weighted by atomic mass is 10.1. The first-order chi connectivity index (χ1) is 8.08. The Morgan fingerprint density at radius 2 is 2.00 bits per heavy atom. The SMILES string of the molecule is C[C@H]1CNCCN1C(=O)c1cc(Br)cc(Br)c1. The molecule has 1 fully saturated rings. The maximum atomic E-state index is 12.4. The van der Waals surface area contributed by atoms with E-state index < -0.39 is 0 Å². The zero-order valence-electron chi connectivity index (χ0n) is 9.54. The van der Waals surface area contributed by atoms with Gasteiger partial charge < -0.3 is 10.2 Å². The zero-order valence-corrected chi connectivity index (χ0v) is 12.7. The molecule has 1 atom stereocenters. The summed E-state index contributed by atoms with van der Waals surface area (Å²) in [6.45, 7) is 4.56. The van der Waals surface area contributed by atoms with Gasteiger partial charge in [0.15, 0.2) is 0 Å². The lowest BCUT2D eigenvalue weighted by Crippen LogP contribution is -2.52. The number of carbonyl (C=O) groups is 1. The Hall–Kier alpha value is -0.390. The standard InChI is InChI=1S/C12H14Br2N2O/c1-8-7-15-2-3-16(8)12(17)9-4-10(13)6-11(14)5-9/h4-6,8,15H,2-3,7H2,1H3/t8-/m0/s1. The van der Waals surface area contributed by atoms with Gasteiger partial charge in [0.05, 0.1) is 0 Å². The normalized spacial score (nSPS) is 20.4. The number of nitrogens with one attached hydrogen (secondary N) is 1. The van der Waals surface area contributed by atoms with Gasteiger partial charge in [0.2, 0.25) is 0 Å². The highest BCUT2D eigenvalue weighted by Crippen LogP contribution is 2.22. The van der Waals surface area contributed by atoms with Crippen LogP contribution >= 0.6 is 31.9 Å². The highest BCUT2D eigenvalue weighted by atomic mass is 79.9. The predicted octanol–water partition coefficient (Wildman–Crippen LogP) is 2.65. The molecule has 1 heterocycles. The number of amides is 1. The molecule has 1 aliphatic rings. The van der Waals surface area contributed by atoms with E-state index in [2.05, 4.69) is 44.1 Å². The fraction of sp³-hybridized carbons (Fsp3) is 0.417. The molecule has 92 valence electrons. The van der Waals surface area contributed by atoms with Crippen LogP contribution in [0.3, 0.4) is 0 Å². The van der Waals surface area contributed by atoms with Crippen molar-refractivity contribution in [3.8, 4) is 0 Å². The summed E-state index contributed by atoms with van der Waals surface area (Å²) >= 11 is 6.81. The van der Waals surface area contributed by atoms with Crippen molar-refractivity contribution in [2.45, 2.75) is 13.0 Å². The summed E-state index contributed by atoms with van der Waals surface area (Å²) in [5.74, 6) is 0.0981. The summed E-state index contributed by atoms with van der Waals surface area (Å²) in [6.07, 6.45) is 0. The minimum Gasteiger partial charge on any atom is -0.333 e. The molecule has 1 amide bonds. The van der Waals surface area contributed by atoms with Gasteiger partial charge in [-0.3, -0.25) is 4.79 Å². The van der Waals surface area contributed by atoms with Gasteiger partial charge in [-0.25, -0.2) is 0 Å². The molecule has 1 N–H and O–H groups in total. The van der Waals surface area contributed by atoms with Crippen LogP contribution in [0.25, 0.3) is 0 Å². The van der Waals surface area contributed by atoms with Gasteiger partial charge in [-0.15, -0.1) is 0 Å². The van der Waals surface area contributed by atoms with Crippen molar-refractivity contribution in [3.63, 3.8) is 0 Å². The van der Waals surface area contributed by atoms with Crippen LogP contribution in [0.2, 0.25) is 0 Å². The van der Waals surface area contributed by atoms with Crippen molar-refractivity contribution >= 4 is 37.8 Å². The van der Waals surface area contributed by atoms with E-state index in [-0.39, 0.29) is 11.9 Å². The van der Waals surface area contributed by atoms with Crippen molar-refractivity contribution in [1.29, 1.82) is 0 Å². The van der Waals surface area contributed by atoms with Crippen LogP contribution in [0, 0.1) is 0 Å². The van der Waals surface area contributed by atoms with Gasteiger partial charge in [-0.2, -0.15) is 0 Å². The first kappa shape index (κ1) is 13.1. The van der Waals surface area contributed by atoms with Crippen LogP contribution in [-0.4, -0.2) is 36.5 Å². The van der Waals surface area contributed by atoms with Crippen LogP contribution in [0.1, 0.15) is 17.3 Å². The Morgan fingerprint density at radius 3 is 2.59 bits per heavy atom. The Labute approximate surface area is 118 Å². The lowest BCUT2D eigenvalue weighted by Gasteiger charge is -2.34. The minimum atomic E-state index is 0.0981. The van der Waals surface area contributed by atoms with Gasteiger partial charge in [0.25, 0.3) is 5.91 Å². The molecular weight excluding hydrogens is 348 g/mol. The summed E-state index contributed by atoms with van der Waals surface area (Å²) in [4.78, 5) is 14.3. The first-order valence-corrected chi connectivity index (χ1v) is 7.14. The summed E-state index contributed by atoms with van der Waals surface area (Å²) in [5, 5.41) is 3.28. The monoisotopic (exact) mass is 360 g/mol. The summed E-state index contributed by atoms with van der Waals surface area (Å²) in [6, 6.07) is 5.90. The van der Waals surface area contributed by atoms with Crippen molar-refractivity contribution in [2.75, 3.05) is 19.6 Å². The van der Waals surface area contributed by atoms with Crippen LogP contribution in [0.4, 0.5) is 0 Å². The Morgan fingerprint density at radius 1 is 1.35 bits per heavy atom. The Kier molecular flexibility index (Phi) is 4.22. The van der Waals surface area contributed by atoms with Crippen molar-refractivity contribution in [2.24, 2.45) is 0 Å². The molecule has 1 aliphatic heterocycles. The van der Waals surface area contributed by atoms with E-state index in [1.807, 2.05) is 23.1 Å². The fourth-order valence-electron chi connectivity index (χ4n) is 1.99. The van der Waals surface area contributed by atoms with Crippen LogP contribution < -0.4 is 5.32 Å². The van der Waals surface area contributed by atoms with E-state index in [1.165, 1.54) is 0 Å². The highest BCUT2D eigenvalue weighted by Gasteiger charge is 2.24. The quantitative estimate of drug-likeness (QED) is 0.833. The largest absolute Gasteiger partial charge is 0.333 e. The number of rotatable bonds is 1. The molecule has 0 aliphatic carbocycles. The molecule has 0 aromatic heterocycles. The third-order valence-corrected chi connectivity index (χ3v) is 3.79. The molecular formula is C12H14Br2N2O. The summed E-state index contributed by atoms with van der Waals surface area (Å²) in [7, 11) is 0. The maximum Gasteiger partial charge on any atom is 0.254 e. The molecule has 3 nitrogen and oxygen atoms in total. The molecule has 0 saturated carbocycles. The predicted molar refractivity (Wildman–Crippen MR) is 75.2 cm³/mol. The average Bonchev–Trinajstić information content (AvgIpc) is 2.27. The topological polar surface area (TPSA) is 32.3 Å². The van der Waals surface area contributed by atoms with Gasteiger partial charge >= 0.3 is 0 Å². The molecule has 0 bridgehead atoms. The second-order valence-electron chi connectivity index (χ2n) is 4.21. The zero-order chi connectivity index (χ0) is 12.4. The Balaban J connectivity index is 2.23. The second kappa shape index (κ2) is 5.50. The number of hydrogen-bond donors (Lipinski definition) is 1.